The van der Waals surface area contributed by atoms with Crippen LogP contribution in [0.4, 0.5) is 5.88 Å². The van der Waals surface area contributed by atoms with E-state index in [0.717, 1.165) is 26.0 Å². The Labute approximate surface area is 92.7 Å². The third-order valence-corrected chi connectivity index (χ3v) is 2.52. The van der Waals surface area contributed by atoms with E-state index in [-0.39, 0.29) is 12.0 Å². The van der Waals surface area contributed by atoms with Crippen molar-refractivity contribution in [2.45, 2.75) is 25.5 Å². The van der Waals surface area contributed by atoms with Crippen molar-refractivity contribution < 1.29 is 14.1 Å². The van der Waals surface area contributed by atoms with Crippen LogP contribution in [0, 0.1) is 10.1 Å². The lowest BCUT2D eigenvalue weighted by atomic mass is 10.2. The molecule has 0 radical (unpaired) electrons. The third-order valence-electron chi connectivity index (χ3n) is 2.52. The Morgan fingerprint density at radius 3 is 3.06 bits per heavy atom. The average Bonchev–Trinajstić information content (AvgIpc) is 2.87. The first-order chi connectivity index (χ1) is 7.75. The number of furan rings is 1. The lowest BCUT2D eigenvalue weighted by molar-refractivity contribution is -0.402. The van der Waals surface area contributed by atoms with Crippen LogP contribution in [-0.2, 0) is 11.3 Å². The van der Waals surface area contributed by atoms with E-state index in [0.29, 0.717) is 12.3 Å². The Kier molecular flexibility index (Phi) is 3.53. The molecule has 0 saturated carbocycles. The second-order valence-corrected chi connectivity index (χ2v) is 3.76. The molecule has 1 aliphatic heterocycles. The average molecular weight is 226 g/mol. The molecule has 1 aliphatic rings. The summed E-state index contributed by atoms with van der Waals surface area (Å²) >= 11 is 0. The van der Waals surface area contributed by atoms with Crippen LogP contribution in [0.5, 0.6) is 0 Å². The van der Waals surface area contributed by atoms with Gasteiger partial charge in [-0.25, -0.2) is 0 Å². The number of hydrogen-bond donors (Lipinski definition) is 1. The maximum Gasteiger partial charge on any atom is 0.433 e. The molecule has 88 valence electrons. The zero-order chi connectivity index (χ0) is 11.4. The van der Waals surface area contributed by atoms with E-state index in [1.165, 1.54) is 6.07 Å². The van der Waals surface area contributed by atoms with Gasteiger partial charge in [-0.15, -0.1) is 0 Å². The first-order valence-electron chi connectivity index (χ1n) is 5.31. The summed E-state index contributed by atoms with van der Waals surface area (Å²) in [5.41, 5.74) is 0. The number of hydrogen-bond acceptors (Lipinski definition) is 5. The van der Waals surface area contributed by atoms with E-state index >= 15 is 0 Å². The van der Waals surface area contributed by atoms with Crippen molar-refractivity contribution in [3.8, 4) is 0 Å². The number of ether oxygens (including phenoxy) is 1. The lowest BCUT2D eigenvalue weighted by Crippen LogP contribution is -2.25. The number of nitro groups is 1. The molecule has 0 bridgehead atoms. The molecule has 2 heterocycles. The molecule has 6 heteroatoms. The van der Waals surface area contributed by atoms with Crippen LogP contribution < -0.4 is 5.32 Å². The van der Waals surface area contributed by atoms with Crippen molar-refractivity contribution >= 4 is 5.88 Å². The fourth-order valence-corrected chi connectivity index (χ4v) is 1.72. The lowest BCUT2D eigenvalue weighted by Gasteiger charge is -2.08. The monoisotopic (exact) mass is 226 g/mol. The summed E-state index contributed by atoms with van der Waals surface area (Å²) in [5, 5.41) is 13.5. The number of nitrogens with zero attached hydrogens (tertiary/aromatic N) is 1. The molecule has 0 spiro atoms. The molecule has 16 heavy (non-hydrogen) atoms. The molecule has 1 N–H and O–H groups in total. The highest BCUT2D eigenvalue weighted by Crippen LogP contribution is 2.15. The van der Waals surface area contributed by atoms with Crippen LogP contribution in [0.3, 0.4) is 0 Å². The van der Waals surface area contributed by atoms with Crippen molar-refractivity contribution in [3.05, 3.63) is 28.0 Å². The fraction of sp³-hybridized carbons (Fsp3) is 0.600. The topological polar surface area (TPSA) is 77.5 Å². The molecule has 0 aromatic carbocycles. The van der Waals surface area contributed by atoms with Gasteiger partial charge in [0.05, 0.1) is 18.7 Å². The van der Waals surface area contributed by atoms with E-state index in [2.05, 4.69) is 5.32 Å². The van der Waals surface area contributed by atoms with E-state index in [1.807, 2.05) is 0 Å². The Bertz CT molecular complexity index is 357. The summed E-state index contributed by atoms with van der Waals surface area (Å²) in [7, 11) is 0. The SMILES string of the molecule is O=[N+]([O-])c1ccc(CNCC2CCCO2)o1. The Balaban J connectivity index is 1.74. The smallest absolute Gasteiger partial charge is 0.404 e. The summed E-state index contributed by atoms with van der Waals surface area (Å²) < 4.78 is 10.4. The summed E-state index contributed by atoms with van der Waals surface area (Å²) in [5.74, 6) is 0.360. The highest BCUT2D eigenvalue weighted by atomic mass is 16.6. The summed E-state index contributed by atoms with van der Waals surface area (Å²) in [6.07, 6.45) is 2.45. The minimum absolute atomic E-state index is 0.214. The normalized spacial score (nSPS) is 20.1. The van der Waals surface area contributed by atoms with Crippen LogP contribution in [0.15, 0.2) is 16.5 Å². The Morgan fingerprint density at radius 2 is 2.44 bits per heavy atom. The second-order valence-electron chi connectivity index (χ2n) is 3.76. The molecule has 1 atom stereocenters. The Hall–Kier alpha value is -1.40. The first kappa shape index (κ1) is 11.1. The van der Waals surface area contributed by atoms with Gasteiger partial charge in [-0.2, -0.15) is 0 Å². The predicted octanol–water partition coefficient (Wildman–Crippen LogP) is 1.46. The first-order valence-corrected chi connectivity index (χ1v) is 5.31. The summed E-state index contributed by atoms with van der Waals surface area (Å²) in [6, 6.07) is 2.98. The van der Waals surface area contributed by atoms with Gasteiger partial charge in [-0.1, -0.05) is 0 Å². The van der Waals surface area contributed by atoms with Crippen molar-refractivity contribution in [2.24, 2.45) is 0 Å². The zero-order valence-corrected chi connectivity index (χ0v) is 8.85. The van der Waals surface area contributed by atoms with Crippen molar-refractivity contribution in [2.75, 3.05) is 13.2 Å². The van der Waals surface area contributed by atoms with Crippen LogP contribution in [0.1, 0.15) is 18.6 Å². The third kappa shape index (κ3) is 2.80. The molecule has 2 rings (SSSR count). The van der Waals surface area contributed by atoms with Crippen LogP contribution >= 0.6 is 0 Å². The molecular formula is C10H14N2O4. The summed E-state index contributed by atoms with van der Waals surface area (Å²) in [6.45, 7) is 2.08. The van der Waals surface area contributed by atoms with Gasteiger partial charge < -0.3 is 14.5 Å². The number of nitrogens with one attached hydrogen (secondary N) is 1. The maximum atomic E-state index is 10.4. The van der Waals surface area contributed by atoms with Crippen LogP contribution in [0.25, 0.3) is 0 Å². The van der Waals surface area contributed by atoms with Gasteiger partial charge in [0.2, 0.25) is 0 Å². The van der Waals surface area contributed by atoms with Crippen molar-refractivity contribution in [1.82, 2.24) is 5.32 Å². The van der Waals surface area contributed by atoms with Gasteiger partial charge in [0.25, 0.3) is 0 Å². The summed E-state index contributed by atoms with van der Waals surface area (Å²) in [4.78, 5) is 9.83. The van der Waals surface area contributed by atoms with Crippen LogP contribution in [0.2, 0.25) is 0 Å². The molecule has 1 saturated heterocycles. The number of rotatable bonds is 5. The van der Waals surface area contributed by atoms with Gasteiger partial charge in [-0.05, 0) is 18.9 Å². The minimum atomic E-state index is -0.538. The van der Waals surface area contributed by atoms with E-state index in [9.17, 15) is 10.1 Å². The minimum Gasteiger partial charge on any atom is -0.404 e. The molecule has 1 unspecified atom stereocenters. The largest absolute Gasteiger partial charge is 0.433 e. The maximum absolute atomic E-state index is 10.4. The predicted molar refractivity (Wildman–Crippen MR) is 56.0 cm³/mol. The molecule has 0 aliphatic carbocycles. The highest BCUT2D eigenvalue weighted by Gasteiger charge is 2.15. The zero-order valence-electron chi connectivity index (χ0n) is 8.85. The molecular weight excluding hydrogens is 212 g/mol. The van der Waals surface area contributed by atoms with Gasteiger partial charge >= 0.3 is 5.88 Å². The second kappa shape index (κ2) is 5.09. The molecule has 1 aromatic heterocycles. The van der Waals surface area contributed by atoms with E-state index in [1.54, 1.807) is 6.07 Å². The van der Waals surface area contributed by atoms with Crippen LogP contribution in [-0.4, -0.2) is 24.2 Å². The van der Waals surface area contributed by atoms with Gasteiger partial charge in [0.1, 0.15) is 10.7 Å². The van der Waals surface area contributed by atoms with Gasteiger partial charge in [0.15, 0.2) is 0 Å². The Morgan fingerprint density at radius 1 is 1.56 bits per heavy atom. The van der Waals surface area contributed by atoms with E-state index < -0.39 is 4.92 Å². The molecule has 1 fully saturated rings. The van der Waals surface area contributed by atoms with E-state index in [4.69, 9.17) is 9.15 Å². The molecule has 0 amide bonds. The van der Waals surface area contributed by atoms with Crippen molar-refractivity contribution in [3.63, 3.8) is 0 Å². The standard InChI is InChI=1S/C10H14N2O4/c13-12(14)10-4-3-9(16-10)7-11-6-8-2-1-5-15-8/h3-4,8,11H,1-2,5-7H2. The van der Waals surface area contributed by atoms with Gasteiger partial charge in [-0.3, -0.25) is 10.1 Å². The fourth-order valence-electron chi connectivity index (χ4n) is 1.72. The quantitative estimate of drug-likeness (QED) is 0.607. The van der Waals surface area contributed by atoms with Gasteiger partial charge in [0, 0.05) is 13.2 Å². The highest BCUT2D eigenvalue weighted by molar-refractivity contribution is 5.17. The molecule has 1 aromatic rings. The van der Waals surface area contributed by atoms with Crippen molar-refractivity contribution in [1.29, 1.82) is 0 Å². The molecule has 6 nitrogen and oxygen atoms in total.